The van der Waals surface area contributed by atoms with Crippen LogP contribution >= 0.6 is 0 Å². The molecule has 0 bridgehead atoms. The number of aliphatic hydroxyl groups excluding tert-OH is 1. The van der Waals surface area contributed by atoms with Crippen LogP contribution < -0.4 is 21.7 Å². The molecule has 2 aromatic carbocycles. The SMILES string of the molecule is CC(C)C(NC(=O)C(N)Cc1ccc(O)cc1)C(=O)NC(Cc1ccccc1)C(=O)NC(CO)C(=O)O. The summed E-state index contributed by atoms with van der Waals surface area (Å²) >= 11 is 0. The van der Waals surface area contributed by atoms with E-state index in [1.54, 1.807) is 56.3 Å². The summed E-state index contributed by atoms with van der Waals surface area (Å²) in [5, 5.41) is 35.3. The van der Waals surface area contributed by atoms with Gasteiger partial charge in [0.2, 0.25) is 17.7 Å². The van der Waals surface area contributed by atoms with Crippen molar-refractivity contribution in [2.45, 2.75) is 50.9 Å². The highest BCUT2D eigenvalue weighted by molar-refractivity contribution is 5.94. The fraction of sp³-hybridized carbons (Fsp3) is 0.385. The quantitative estimate of drug-likeness (QED) is 0.189. The number of carbonyl (C=O) groups excluding carboxylic acids is 3. The minimum Gasteiger partial charge on any atom is -0.508 e. The number of rotatable bonds is 13. The van der Waals surface area contributed by atoms with Gasteiger partial charge in [-0.3, -0.25) is 14.4 Å². The normalized spacial score (nSPS) is 14.2. The molecular weight excluding hydrogens is 480 g/mol. The van der Waals surface area contributed by atoms with Gasteiger partial charge in [0.1, 0.15) is 23.9 Å². The monoisotopic (exact) mass is 514 g/mol. The van der Waals surface area contributed by atoms with Crippen LogP contribution in [-0.4, -0.2) is 69.8 Å². The van der Waals surface area contributed by atoms with E-state index in [1.165, 1.54) is 12.1 Å². The first-order valence-electron chi connectivity index (χ1n) is 11.8. The van der Waals surface area contributed by atoms with Gasteiger partial charge in [0.25, 0.3) is 0 Å². The van der Waals surface area contributed by atoms with Crippen LogP contribution in [-0.2, 0) is 32.0 Å². The van der Waals surface area contributed by atoms with Gasteiger partial charge < -0.3 is 37.0 Å². The third-order valence-electron chi connectivity index (χ3n) is 5.69. The van der Waals surface area contributed by atoms with E-state index in [0.29, 0.717) is 5.56 Å². The zero-order chi connectivity index (χ0) is 27.5. The number of nitrogens with two attached hydrogens (primary N) is 1. The molecule has 4 atom stereocenters. The molecule has 2 rings (SSSR count). The number of phenols is 1. The molecule has 3 amide bonds. The lowest BCUT2D eigenvalue weighted by molar-refractivity contribution is -0.143. The van der Waals surface area contributed by atoms with Crippen molar-refractivity contribution in [1.82, 2.24) is 16.0 Å². The Kier molecular flexibility index (Phi) is 11.0. The van der Waals surface area contributed by atoms with Gasteiger partial charge in [0, 0.05) is 6.42 Å². The number of aromatic hydroxyl groups is 1. The summed E-state index contributed by atoms with van der Waals surface area (Å²) in [7, 11) is 0. The van der Waals surface area contributed by atoms with E-state index in [0.717, 1.165) is 5.56 Å². The Labute approximate surface area is 215 Å². The van der Waals surface area contributed by atoms with Gasteiger partial charge in [-0.2, -0.15) is 0 Å². The number of carboxylic acids is 1. The third kappa shape index (κ3) is 9.21. The van der Waals surface area contributed by atoms with Crippen LogP contribution in [0.3, 0.4) is 0 Å². The van der Waals surface area contributed by atoms with Crippen molar-refractivity contribution in [2.24, 2.45) is 11.7 Å². The molecular formula is C26H34N4O7. The van der Waals surface area contributed by atoms with Gasteiger partial charge in [0.15, 0.2) is 0 Å². The van der Waals surface area contributed by atoms with Crippen LogP contribution in [0.25, 0.3) is 0 Å². The second kappa shape index (κ2) is 14.0. The molecule has 2 aromatic rings. The van der Waals surface area contributed by atoms with E-state index in [1.807, 2.05) is 0 Å². The molecule has 200 valence electrons. The third-order valence-corrected chi connectivity index (χ3v) is 5.69. The Morgan fingerprint density at radius 3 is 1.89 bits per heavy atom. The number of hydrogen-bond donors (Lipinski definition) is 7. The van der Waals surface area contributed by atoms with Crippen molar-refractivity contribution in [2.75, 3.05) is 6.61 Å². The Morgan fingerprint density at radius 2 is 1.35 bits per heavy atom. The van der Waals surface area contributed by atoms with Crippen molar-refractivity contribution < 1.29 is 34.5 Å². The van der Waals surface area contributed by atoms with Gasteiger partial charge in [-0.25, -0.2) is 4.79 Å². The van der Waals surface area contributed by atoms with Gasteiger partial charge in [-0.05, 0) is 35.6 Å². The van der Waals surface area contributed by atoms with Crippen molar-refractivity contribution in [3.05, 3.63) is 65.7 Å². The molecule has 4 unspecified atom stereocenters. The molecule has 0 aromatic heterocycles. The maximum atomic E-state index is 13.2. The van der Waals surface area contributed by atoms with E-state index in [2.05, 4.69) is 16.0 Å². The zero-order valence-electron chi connectivity index (χ0n) is 20.8. The first-order chi connectivity index (χ1) is 17.5. The summed E-state index contributed by atoms with van der Waals surface area (Å²) in [6.45, 7) is 2.61. The summed E-state index contributed by atoms with van der Waals surface area (Å²) in [4.78, 5) is 50.1. The zero-order valence-corrected chi connectivity index (χ0v) is 20.8. The maximum absolute atomic E-state index is 13.2. The summed E-state index contributed by atoms with van der Waals surface area (Å²) in [5.41, 5.74) is 7.47. The number of aliphatic hydroxyl groups is 1. The fourth-order valence-electron chi connectivity index (χ4n) is 3.55. The van der Waals surface area contributed by atoms with E-state index >= 15 is 0 Å². The van der Waals surface area contributed by atoms with Crippen LogP contribution in [0.1, 0.15) is 25.0 Å². The van der Waals surface area contributed by atoms with Crippen molar-refractivity contribution in [1.29, 1.82) is 0 Å². The second-order valence-electron chi connectivity index (χ2n) is 9.04. The topological polar surface area (TPSA) is 191 Å². The van der Waals surface area contributed by atoms with Crippen LogP contribution in [0, 0.1) is 5.92 Å². The average Bonchev–Trinajstić information content (AvgIpc) is 2.86. The molecule has 11 heteroatoms. The molecule has 37 heavy (non-hydrogen) atoms. The first-order valence-corrected chi connectivity index (χ1v) is 11.8. The highest BCUT2D eigenvalue weighted by Crippen LogP contribution is 2.12. The fourth-order valence-corrected chi connectivity index (χ4v) is 3.55. The van der Waals surface area contributed by atoms with Crippen molar-refractivity contribution >= 4 is 23.7 Å². The minimum atomic E-state index is -1.54. The molecule has 0 aliphatic carbocycles. The standard InChI is InChI=1S/C26H34N4O7/c1-15(2)22(30-23(33)19(27)12-17-8-10-18(32)11-9-17)25(35)28-20(13-16-6-4-3-5-7-16)24(34)29-21(14-31)26(36)37/h3-11,15,19-22,31-32H,12-14,27H2,1-2H3,(H,28,35)(H,29,34)(H,30,33)(H,36,37). The van der Waals surface area contributed by atoms with Crippen LogP contribution in [0.15, 0.2) is 54.6 Å². The van der Waals surface area contributed by atoms with E-state index in [-0.39, 0.29) is 24.5 Å². The summed E-state index contributed by atoms with van der Waals surface area (Å²) in [5.74, 6) is -3.72. The first kappa shape index (κ1) is 29.3. The maximum Gasteiger partial charge on any atom is 0.328 e. The molecule has 11 nitrogen and oxygen atoms in total. The number of carbonyl (C=O) groups is 4. The molecule has 0 radical (unpaired) electrons. The smallest absolute Gasteiger partial charge is 0.328 e. The Hall–Kier alpha value is -3.96. The highest BCUT2D eigenvalue weighted by Gasteiger charge is 2.31. The van der Waals surface area contributed by atoms with Crippen LogP contribution in [0.5, 0.6) is 5.75 Å². The average molecular weight is 515 g/mol. The van der Waals surface area contributed by atoms with Gasteiger partial charge >= 0.3 is 5.97 Å². The predicted molar refractivity (Wildman–Crippen MR) is 135 cm³/mol. The largest absolute Gasteiger partial charge is 0.508 e. The molecule has 8 N–H and O–H groups in total. The van der Waals surface area contributed by atoms with E-state index in [9.17, 15) is 34.5 Å². The summed E-state index contributed by atoms with van der Waals surface area (Å²) in [6, 6.07) is 10.3. The Bertz CT molecular complexity index is 1060. The number of carboxylic acid groups (broad SMARTS) is 1. The molecule has 0 saturated heterocycles. The Morgan fingerprint density at radius 1 is 0.784 bits per heavy atom. The van der Waals surface area contributed by atoms with Crippen molar-refractivity contribution in [3.63, 3.8) is 0 Å². The predicted octanol–water partition coefficient (Wildman–Crippen LogP) is -0.308. The van der Waals surface area contributed by atoms with E-state index in [4.69, 9.17) is 5.73 Å². The molecule has 0 heterocycles. The lowest BCUT2D eigenvalue weighted by atomic mass is 9.99. The lowest BCUT2D eigenvalue weighted by Crippen LogP contribution is -2.59. The molecule has 0 aliphatic rings. The van der Waals surface area contributed by atoms with Crippen LogP contribution in [0.4, 0.5) is 0 Å². The lowest BCUT2D eigenvalue weighted by Gasteiger charge is -2.27. The molecule has 0 spiro atoms. The summed E-state index contributed by atoms with van der Waals surface area (Å²) < 4.78 is 0. The molecule has 0 aliphatic heterocycles. The van der Waals surface area contributed by atoms with Crippen LogP contribution in [0.2, 0.25) is 0 Å². The Balaban J connectivity index is 2.14. The number of nitrogens with one attached hydrogen (secondary N) is 3. The molecule has 0 fully saturated rings. The van der Waals surface area contributed by atoms with Crippen molar-refractivity contribution in [3.8, 4) is 5.75 Å². The van der Waals surface area contributed by atoms with E-state index < -0.39 is 54.5 Å². The second-order valence-corrected chi connectivity index (χ2v) is 9.04. The minimum absolute atomic E-state index is 0.0509. The summed E-state index contributed by atoms with van der Waals surface area (Å²) in [6.07, 6.45) is 0.227. The van der Waals surface area contributed by atoms with Gasteiger partial charge in [-0.15, -0.1) is 0 Å². The number of phenolic OH excluding ortho intramolecular Hbond substituents is 1. The highest BCUT2D eigenvalue weighted by atomic mass is 16.4. The number of amides is 3. The molecule has 0 saturated carbocycles. The number of aliphatic carboxylic acids is 1. The number of benzene rings is 2. The van der Waals surface area contributed by atoms with Gasteiger partial charge in [-0.1, -0.05) is 56.3 Å². The van der Waals surface area contributed by atoms with Gasteiger partial charge in [0.05, 0.1) is 12.6 Å². The number of hydrogen-bond acceptors (Lipinski definition) is 7.